The van der Waals surface area contributed by atoms with Crippen LogP contribution in [0.1, 0.15) is 38.7 Å². The Labute approximate surface area is 178 Å². The van der Waals surface area contributed by atoms with Crippen LogP contribution in [0.3, 0.4) is 0 Å². The van der Waals surface area contributed by atoms with Crippen molar-refractivity contribution in [2.24, 2.45) is 10.9 Å². The van der Waals surface area contributed by atoms with Crippen LogP contribution in [-0.2, 0) is 6.54 Å². The summed E-state index contributed by atoms with van der Waals surface area (Å²) in [6.45, 7) is 5.60. The normalized spacial score (nSPS) is 12.4. The fraction of sp³-hybridized carbons (Fsp3) is 0.632. The molecule has 0 amide bonds. The lowest BCUT2D eigenvalue weighted by molar-refractivity contribution is 0.0818. The molecule has 0 saturated carbocycles. The quantitative estimate of drug-likeness (QED) is 0.233. The molecule has 0 saturated heterocycles. The Balaban J connectivity index is 0.00000676. The van der Waals surface area contributed by atoms with E-state index in [-0.39, 0.29) is 30.6 Å². The molecule has 1 rings (SSSR count). The minimum atomic E-state index is -2.49. The highest BCUT2D eigenvalue weighted by molar-refractivity contribution is 14.0. The van der Waals surface area contributed by atoms with E-state index in [1.165, 1.54) is 0 Å². The Kier molecular flexibility index (Phi) is 15.2. The van der Waals surface area contributed by atoms with Crippen LogP contribution >= 0.6 is 24.0 Å². The topological polar surface area (TPSA) is 65.9 Å². The van der Waals surface area contributed by atoms with Crippen LogP contribution in [0.2, 0.25) is 0 Å². The number of halogens is 3. The third-order valence-corrected chi connectivity index (χ3v) is 3.83. The van der Waals surface area contributed by atoms with E-state index in [9.17, 15) is 8.78 Å². The van der Waals surface area contributed by atoms with E-state index in [0.29, 0.717) is 24.2 Å². The maximum Gasteiger partial charge on any atom is 0.272 e. The first kappa shape index (κ1) is 25.8. The Morgan fingerprint density at radius 1 is 1.22 bits per heavy atom. The summed E-state index contributed by atoms with van der Waals surface area (Å²) in [6, 6.07) is 7.03. The van der Waals surface area contributed by atoms with Gasteiger partial charge in [-0.05, 0) is 43.4 Å². The van der Waals surface area contributed by atoms with Crippen molar-refractivity contribution in [3.05, 3.63) is 29.8 Å². The number of rotatable bonds is 12. The van der Waals surface area contributed by atoms with E-state index in [4.69, 9.17) is 9.84 Å². The number of aliphatic hydroxyl groups is 1. The number of alkyl halides is 2. The molecule has 156 valence electrons. The summed E-state index contributed by atoms with van der Waals surface area (Å²) in [4.78, 5) is 4.54. The highest BCUT2D eigenvalue weighted by atomic mass is 127. The van der Waals surface area contributed by atoms with Crippen molar-refractivity contribution >= 4 is 29.9 Å². The molecule has 1 unspecified atom stereocenters. The first-order valence-corrected chi connectivity index (χ1v) is 9.21. The average molecular weight is 499 g/mol. The molecular formula is C19H32F2IN3O2. The molecule has 8 heteroatoms. The van der Waals surface area contributed by atoms with Crippen LogP contribution in [-0.4, -0.2) is 43.8 Å². The van der Waals surface area contributed by atoms with Crippen LogP contribution in [0.15, 0.2) is 29.3 Å². The van der Waals surface area contributed by atoms with E-state index < -0.39 is 13.0 Å². The summed E-state index contributed by atoms with van der Waals surface area (Å²) >= 11 is 0. The van der Waals surface area contributed by atoms with Gasteiger partial charge in [-0.2, -0.15) is 0 Å². The van der Waals surface area contributed by atoms with Gasteiger partial charge < -0.3 is 20.5 Å². The zero-order valence-electron chi connectivity index (χ0n) is 16.1. The molecule has 0 heterocycles. The maximum absolute atomic E-state index is 12.2. The number of hydrogen-bond acceptors (Lipinski definition) is 3. The van der Waals surface area contributed by atoms with Gasteiger partial charge in [-0.3, -0.25) is 0 Å². The van der Waals surface area contributed by atoms with Gasteiger partial charge >= 0.3 is 0 Å². The van der Waals surface area contributed by atoms with Crippen LogP contribution in [0.5, 0.6) is 5.75 Å². The van der Waals surface area contributed by atoms with E-state index in [1.54, 1.807) is 18.2 Å². The van der Waals surface area contributed by atoms with E-state index in [1.807, 2.05) is 13.0 Å². The Hall–Kier alpha value is -1.16. The van der Waals surface area contributed by atoms with Gasteiger partial charge in [-0.25, -0.2) is 13.8 Å². The summed E-state index contributed by atoms with van der Waals surface area (Å²) in [5.41, 5.74) is 0.884. The number of ether oxygens (including phenoxy) is 1. The van der Waals surface area contributed by atoms with Crippen molar-refractivity contribution in [1.29, 1.82) is 0 Å². The molecule has 0 fully saturated rings. The third-order valence-electron chi connectivity index (χ3n) is 3.83. The highest BCUT2D eigenvalue weighted by Gasteiger charge is 2.08. The lowest BCUT2D eigenvalue weighted by Gasteiger charge is -2.18. The largest absolute Gasteiger partial charge is 0.488 e. The second kappa shape index (κ2) is 15.9. The van der Waals surface area contributed by atoms with Crippen LogP contribution < -0.4 is 15.4 Å². The van der Waals surface area contributed by atoms with Gasteiger partial charge in [0.25, 0.3) is 6.43 Å². The van der Waals surface area contributed by atoms with Gasteiger partial charge in [-0.1, -0.05) is 25.5 Å². The number of benzene rings is 1. The number of nitrogens with zero attached hydrogens (tertiary/aromatic N) is 1. The van der Waals surface area contributed by atoms with Gasteiger partial charge in [0.05, 0.1) is 6.54 Å². The predicted molar refractivity (Wildman–Crippen MR) is 116 cm³/mol. The molecule has 0 bridgehead atoms. The number of guanidine groups is 1. The lowest BCUT2D eigenvalue weighted by atomic mass is 10.0. The second-order valence-corrected chi connectivity index (χ2v) is 6.09. The van der Waals surface area contributed by atoms with Crippen molar-refractivity contribution < 1.29 is 18.6 Å². The van der Waals surface area contributed by atoms with E-state index >= 15 is 0 Å². The number of aliphatic hydroxyl groups excluding tert-OH is 1. The first-order chi connectivity index (χ1) is 12.6. The molecule has 5 nitrogen and oxygen atoms in total. The Morgan fingerprint density at radius 2 is 2.00 bits per heavy atom. The first-order valence-electron chi connectivity index (χ1n) is 9.21. The summed E-state index contributed by atoms with van der Waals surface area (Å²) in [5.74, 6) is 1.52. The van der Waals surface area contributed by atoms with Crippen LogP contribution in [0.4, 0.5) is 8.78 Å². The summed E-state index contributed by atoms with van der Waals surface area (Å²) in [5, 5.41) is 15.7. The zero-order chi connectivity index (χ0) is 19.2. The molecule has 0 radical (unpaired) electrons. The van der Waals surface area contributed by atoms with Crippen molar-refractivity contribution in [1.82, 2.24) is 10.6 Å². The smallest absolute Gasteiger partial charge is 0.272 e. The Bertz CT molecular complexity index is 527. The minimum Gasteiger partial charge on any atom is -0.488 e. The average Bonchev–Trinajstić information content (AvgIpc) is 2.63. The van der Waals surface area contributed by atoms with Crippen molar-refractivity contribution in [3.63, 3.8) is 0 Å². The second-order valence-electron chi connectivity index (χ2n) is 6.09. The standard InChI is InChI=1S/C19H31F2N3O2.HI/c1-3-6-15(9-10-25)12-23-19(22-4-2)24-13-16-7-5-8-17(11-16)26-14-18(20)21;/h5,7-8,11,15,18,25H,3-4,6,9-10,12-14H2,1-2H3,(H2,22,23,24);1H. The predicted octanol–water partition coefficient (Wildman–Crippen LogP) is 3.80. The molecule has 27 heavy (non-hydrogen) atoms. The van der Waals surface area contributed by atoms with E-state index in [0.717, 1.165) is 37.9 Å². The van der Waals surface area contributed by atoms with Gasteiger partial charge in [0.15, 0.2) is 5.96 Å². The third kappa shape index (κ3) is 12.0. The fourth-order valence-corrected chi connectivity index (χ4v) is 2.59. The van der Waals surface area contributed by atoms with Crippen molar-refractivity contribution in [2.45, 2.75) is 46.1 Å². The molecule has 0 aromatic heterocycles. The zero-order valence-corrected chi connectivity index (χ0v) is 18.4. The summed E-state index contributed by atoms with van der Waals surface area (Å²) < 4.78 is 29.5. The summed E-state index contributed by atoms with van der Waals surface area (Å²) in [7, 11) is 0. The molecule has 1 atom stereocenters. The van der Waals surface area contributed by atoms with Crippen LogP contribution in [0, 0.1) is 5.92 Å². The van der Waals surface area contributed by atoms with Gasteiger partial charge in [0.2, 0.25) is 0 Å². The number of nitrogens with one attached hydrogen (secondary N) is 2. The lowest BCUT2D eigenvalue weighted by Crippen LogP contribution is -2.40. The molecule has 0 aliphatic rings. The van der Waals surface area contributed by atoms with Crippen LogP contribution in [0.25, 0.3) is 0 Å². The molecule has 0 aliphatic heterocycles. The van der Waals surface area contributed by atoms with Gasteiger partial charge in [0.1, 0.15) is 12.4 Å². The molecule has 0 aliphatic carbocycles. The number of aliphatic imine (C=N–C) groups is 1. The monoisotopic (exact) mass is 499 g/mol. The fourth-order valence-electron chi connectivity index (χ4n) is 2.59. The highest BCUT2D eigenvalue weighted by Crippen LogP contribution is 2.15. The van der Waals surface area contributed by atoms with Crippen molar-refractivity contribution in [2.75, 3.05) is 26.3 Å². The SMILES string of the molecule is CCCC(CCO)CNC(=NCc1cccc(OCC(F)F)c1)NCC.I. The molecule has 1 aromatic carbocycles. The maximum atomic E-state index is 12.2. The van der Waals surface area contributed by atoms with E-state index in [2.05, 4.69) is 22.5 Å². The van der Waals surface area contributed by atoms with Crippen molar-refractivity contribution in [3.8, 4) is 5.75 Å². The Morgan fingerprint density at radius 3 is 2.63 bits per heavy atom. The molecule has 3 N–H and O–H groups in total. The minimum absolute atomic E-state index is 0. The summed E-state index contributed by atoms with van der Waals surface area (Å²) in [6.07, 6.45) is 0.405. The van der Waals surface area contributed by atoms with Gasteiger partial charge in [-0.15, -0.1) is 24.0 Å². The molecule has 1 aromatic rings. The number of hydrogen-bond donors (Lipinski definition) is 3. The molecular weight excluding hydrogens is 467 g/mol. The van der Waals surface area contributed by atoms with Gasteiger partial charge in [0, 0.05) is 19.7 Å². The molecule has 0 spiro atoms.